The Morgan fingerprint density at radius 1 is 1.13 bits per heavy atom. The molecule has 0 atom stereocenters. The van der Waals surface area contributed by atoms with E-state index in [2.05, 4.69) is 0 Å². The van der Waals surface area contributed by atoms with E-state index in [0.29, 0.717) is 13.2 Å². The van der Waals surface area contributed by atoms with E-state index in [9.17, 15) is 8.42 Å². The zero-order valence-corrected chi connectivity index (χ0v) is 10.8. The first-order valence-corrected chi connectivity index (χ1v) is 6.97. The van der Waals surface area contributed by atoms with Crippen LogP contribution in [0.25, 0.3) is 0 Å². The van der Waals surface area contributed by atoms with Gasteiger partial charge in [-0.2, -0.15) is 0 Å². The molecule has 2 rings (SSSR count). The molecule has 4 heteroatoms. The summed E-state index contributed by atoms with van der Waals surface area (Å²) in [4.78, 5) is 0. The molecule has 0 bridgehead atoms. The van der Waals surface area contributed by atoms with Crippen LogP contribution >= 0.6 is 0 Å². The Hall–Kier alpha value is -0.0900. The van der Waals surface area contributed by atoms with Crippen molar-refractivity contribution < 1.29 is 13.2 Å². The van der Waals surface area contributed by atoms with E-state index in [1.807, 2.05) is 27.7 Å². The van der Waals surface area contributed by atoms with Gasteiger partial charge in [0.1, 0.15) is 4.75 Å². The van der Waals surface area contributed by atoms with E-state index >= 15 is 0 Å². The highest BCUT2D eigenvalue weighted by Gasteiger charge is 2.67. The summed E-state index contributed by atoms with van der Waals surface area (Å²) in [6, 6.07) is 0. The van der Waals surface area contributed by atoms with Crippen molar-refractivity contribution in [3.8, 4) is 0 Å². The molecule has 0 radical (unpaired) electrons. The maximum Gasteiger partial charge on any atom is 0.166 e. The zero-order chi connectivity index (χ0) is 11.5. The van der Waals surface area contributed by atoms with Crippen LogP contribution in [0.4, 0.5) is 0 Å². The van der Waals surface area contributed by atoms with Crippen molar-refractivity contribution in [2.24, 2.45) is 5.41 Å². The molecule has 0 aromatic rings. The molecule has 2 fully saturated rings. The Balaban J connectivity index is 2.39. The molecule has 0 aromatic heterocycles. The van der Waals surface area contributed by atoms with Gasteiger partial charge in [-0.25, -0.2) is 8.42 Å². The molecule has 0 spiro atoms. The molecule has 1 aliphatic carbocycles. The lowest BCUT2D eigenvalue weighted by Gasteiger charge is -2.43. The van der Waals surface area contributed by atoms with Crippen LogP contribution < -0.4 is 0 Å². The average molecular weight is 232 g/mol. The van der Waals surface area contributed by atoms with Crippen molar-refractivity contribution in [3.05, 3.63) is 0 Å². The Morgan fingerprint density at radius 2 is 1.60 bits per heavy atom. The summed E-state index contributed by atoms with van der Waals surface area (Å²) in [7, 11) is -3.07. The molecule has 0 unspecified atom stereocenters. The van der Waals surface area contributed by atoms with Gasteiger partial charge in [-0.3, -0.25) is 0 Å². The van der Waals surface area contributed by atoms with Crippen molar-refractivity contribution in [1.29, 1.82) is 0 Å². The highest BCUT2D eigenvalue weighted by Crippen LogP contribution is 2.59. The molecule has 88 valence electrons. The fourth-order valence-corrected chi connectivity index (χ4v) is 5.42. The smallest absolute Gasteiger partial charge is 0.166 e. The maximum atomic E-state index is 12.6. The van der Waals surface area contributed by atoms with E-state index in [1.165, 1.54) is 0 Å². The van der Waals surface area contributed by atoms with Crippen molar-refractivity contribution in [1.82, 2.24) is 0 Å². The van der Waals surface area contributed by atoms with Gasteiger partial charge < -0.3 is 4.74 Å². The SMILES string of the molecule is CC(C)(C)C1(S(=O)(=O)C2(C)COC2)CC1. The molecular weight excluding hydrogens is 212 g/mol. The summed E-state index contributed by atoms with van der Waals surface area (Å²) in [5.41, 5.74) is -0.162. The van der Waals surface area contributed by atoms with Gasteiger partial charge in [0.05, 0.1) is 18.0 Å². The topological polar surface area (TPSA) is 43.4 Å². The van der Waals surface area contributed by atoms with Crippen LogP contribution in [0.3, 0.4) is 0 Å². The Kier molecular flexibility index (Phi) is 2.11. The third-order valence-corrected chi connectivity index (χ3v) is 7.63. The van der Waals surface area contributed by atoms with Crippen molar-refractivity contribution >= 4 is 9.84 Å². The third-order valence-electron chi connectivity index (χ3n) is 4.05. The van der Waals surface area contributed by atoms with Gasteiger partial charge in [-0.15, -0.1) is 0 Å². The van der Waals surface area contributed by atoms with Crippen LogP contribution in [0, 0.1) is 5.41 Å². The molecular formula is C11H20O3S. The number of rotatable bonds is 2. The highest BCUT2D eigenvalue weighted by atomic mass is 32.2. The van der Waals surface area contributed by atoms with Crippen LogP contribution in [0.1, 0.15) is 40.5 Å². The van der Waals surface area contributed by atoms with Crippen LogP contribution in [0.2, 0.25) is 0 Å². The van der Waals surface area contributed by atoms with Gasteiger partial charge >= 0.3 is 0 Å². The highest BCUT2D eigenvalue weighted by molar-refractivity contribution is 7.94. The lowest BCUT2D eigenvalue weighted by Crippen LogP contribution is -2.59. The van der Waals surface area contributed by atoms with Crippen LogP contribution in [-0.4, -0.2) is 31.1 Å². The molecule has 2 aliphatic rings. The number of sulfone groups is 1. The largest absolute Gasteiger partial charge is 0.378 e. The number of ether oxygens (including phenoxy) is 1. The molecule has 1 saturated carbocycles. The van der Waals surface area contributed by atoms with Crippen molar-refractivity contribution in [2.45, 2.75) is 50.0 Å². The standard InChI is InChI=1S/C11H20O3S/c1-9(2,3)11(5-6-11)15(12,13)10(4)7-14-8-10/h5-8H2,1-4H3. The molecule has 0 aromatic carbocycles. The number of hydrogen-bond donors (Lipinski definition) is 0. The first-order chi connectivity index (χ1) is 6.66. The predicted octanol–water partition coefficient (Wildman–Crippen LogP) is 1.77. The molecule has 15 heavy (non-hydrogen) atoms. The van der Waals surface area contributed by atoms with Crippen molar-refractivity contribution in [2.75, 3.05) is 13.2 Å². The van der Waals surface area contributed by atoms with E-state index in [1.54, 1.807) is 0 Å². The van der Waals surface area contributed by atoms with Gasteiger partial charge in [-0.05, 0) is 25.2 Å². The molecule has 3 nitrogen and oxygen atoms in total. The quantitative estimate of drug-likeness (QED) is 0.728. The van der Waals surface area contributed by atoms with E-state index < -0.39 is 19.3 Å². The molecule has 0 amide bonds. The molecule has 1 aliphatic heterocycles. The van der Waals surface area contributed by atoms with Gasteiger partial charge in [0, 0.05) is 0 Å². The molecule has 0 N–H and O–H groups in total. The van der Waals surface area contributed by atoms with E-state index in [-0.39, 0.29) is 5.41 Å². The summed E-state index contributed by atoms with van der Waals surface area (Å²) >= 11 is 0. The normalized spacial score (nSPS) is 28.3. The second-order valence-electron chi connectivity index (χ2n) is 6.19. The number of hydrogen-bond acceptors (Lipinski definition) is 3. The van der Waals surface area contributed by atoms with Crippen LogP contribution in [0.15, 0.2) is 0 Å². The lowest BCUT2D eigenvalue weighted by atomic mass is 9.89. The molecule has 1 heterocycles. The van der Waals surface area contributed by atoms with Crippen LogP contribution in [0.5, 0.6) is 0 Å². The summed E-state index contributed by atoms with van der Waals surface area (Å²) in [5, 5.41) is 0. The van der Waals surface area contributed by atoms with Gasteiger partial charge in [0.2, 0.25) is 0 Å². The first kappa shape index (κ1) is 11.4. The van der Waals surface area contributed by atoms with E-state index in [0.717, 1.165) is 12.8 Å². The summed E-state index contributed by atoms with van der Waals surface area (Å²) in [6.07, 6.45) is 1.63. The minimum Gasteiger partial charge on any atom is -0.378 e. The minimum atomic E-state index is -3.07. The van der Waals surface area contributed by atoms with E-state index in [4.69, 9.17) is 4.74 Å². The first-order valence-electron chi connectivity index (χ1n) is 5.48. The maximum absolute atomic E-state index is 12.6. The second-order valence-corrected chi connectivity index (χ2v) is 8.96. The Bertz CT molecular complexity index is 367. The minimum absolute atomic E-state index is 0.162. The van der Waals surface area contributed by atoms with Gasteiger partial charge in [0.15, 0.2) is 9.84 Å². The zero-order valence-electron chi connectivity index (χ0n) is 9.96. The Morgan fingerprint density at radius 3 is 1.80 bits per heavy atom. The third kappa shape index (κ3) is 1.24. The summed E-state index contributed by atoms with van der Waals surface area (Å²) < 4.78 is 29.1. The van der Waals surface area contributed by atoms with Crippen LogP contribution in [-0.2, 0) is 14.6 Å². The second kappa shape index (κ2) is 2.77. The predicted molar refractivity (Wildman–Crippen MR) is 59.6 cm³/mol. The summed E-state index contributed by atoms with van der Waals surface area (Å²) in [5.74, 6) is 0. The van der Waals surface area contributed by atoms with Crippen molar-refractivity contribution in [3.63, 3.8) is 0 Å². The lowest BCUT2D eigenvalue weighted by molar-refractivity contribution is -0.00616. The fourth-order valence-electron chi connectivity index (χ4n) is 2.55. The average Bonchev–Trinajstić information content (AvgIpc) is 2.77. The monoisotopic (exact) mass is 232 g/mol. The van der Waals surface area contributed by atoms with Gasteiger partial charge in [-0.1, -0.05) is 20.8 Å². The molecule has 1 saturated heterocycles. The summed E-state index contributed by atoms with van der Waals surface area (Å²) in [6.45, 7) is 8.64. The fraction of sp³-hybridized carbons (Fsp3) is 1.00. The van der Waals surface area contributed by atoms with Gasteiger partial charge in [0.25, 0.3) is 0 Å². The Labute approximate surface area is 92.1 Å².